The highest BCUT2D eigenvalue weighted by molar-refractivity contribution is 8.02. The molecule has 0 aromatic heterocycles. The zero-order chi connectivity index (χ0) is 10.3. The molecule has 0 aromatic carbocycles. The normalized spacial score (nSPS) is 27.5. The number of carbonyl (C=O) groups excluding carboxylic acids is 1. The number of thiol groups is 4. The monoisotopic (exact) mass is 255 g/mol. The molecule has 0 unspecified atom stereocenters. The van der Waals surface area contributed by atoms with Gasteiger partial charge in [-0.15, -0.1) is 50.5 Å². The van der Waals surface area contributed by atoms with Crippen LogP contribution in [0.1, 0.15) is 12.8 Å². The molecular weight excluding hydrogens is 245 g/mol. The quantitative estimate of drug-likeness (QED) is 0.306. The number of hydrogen-bond acceptors (Lipinski definition) is 7. The molecule has 1 aliphatic heterocycles. The van der Waals surface area contributed by atoms with E-state index in [0.717, 1.165) is 0 Å². The fourth-order valence-electron chi connectivity index (χ4n) is 1.31. The third-order valence-electron chi connectivity index (χ3n) is 1.70. The SMILES string of the molecule is BON1C(S)(S)CC(=O)CC1(S)S. The second kappa shape index (κ2) is 3.90. The van der Waals surface area contributed by atoms with Gasteiger partial charge in [0.1, 0.15) is 14.2 Å². The van der Waals surface area contributed by atoms with Crippen LogP contribution in [0.3, 0.4) is 0 Å². The predicted molar refractivity (Wildman–Crippen MR) is 67.1 cm³/mol. The van der Waals surface area contributed by atoms with Crippen molar-refractivity contribution in [3.8, 4) is 0 Å². The molecule has 1 heterocycles. The maximum Gasteiger partial charge on any atom is 0.287 e. The van der Waals surface area contributed by atoms with Crippen molar-refractivity contribution in [2.45, 2.75) is 21.2 Å². The van der Waals surface area contributed by atoms with E-state index >= 15 is 0 Å². The lowest BCUT2D eigenvalue weighted by molar-refractivity contribution is -0.143. The Labute approximate surface area is 100.0 Å². The van der Waals surface area contributed by atoms with Gasteiger partial charge >= 0.3 is 0 Å². The molecule has 8 heteroatoms. The molecule has 0 amide bonds. The van der Waals surface area contributed by atoms with Crippen LogP contribution in [0.25, 0.3) is 0 Å². The number of Topliss-reactive ketones (excluding diaryl/α,β-unsaturated/α-hetero) is 1. The Morgan fingerprint density at radius 3 is 1.92 bits per heavy atom. The second-order valence-electron chi connectivity index (χ2n) is 2.92. The predicted octanol–water partition coefficient (Wildman–Crippen LogP) is 0.158. The van der Waals surface area contributed by atoms with E-state index in [9.17, 15) is 4.79 Å². The molecule has 3 nitrogen and oxygen atoms in total. The van der Waals surface area contributed by atoms with Gasteiger partial charge in [-0.2, -0.15) is 5.06 Å². The topological polar surface area (TPSA) is 29.5 Å². The summed E-state index contributed by atoms with van der Waals surface area (Å²) >= 11 is 16.8. The number of piperidine rings is 1. The fraction of sp³-hybridized carbons (Fsp3) is 0.800. The van der Waals surface area contributed by atoms with Gasteiger partial charge in [0, 0.05) is 12.8 Å². The molecule has 74 valence electrons. The molecule has 0 aromatic rings. The van der Waals surface area contributed by atoms with Gasteiger partial charge in [0.25, 0.3) is 8.05 Å². The van der Waals surface area contributed by atoms with Crippen molar-refractivity contribution in [2.75, 3.05) is 0 Å². The van der Waals surface area contributed by atoms with E-state index in [0.29, 0.717) is 0 Å². The molecule has 0 N–H and O–H groups in total. The lowest BCUT2D eigenvalue weighted by Gasteiger charge is -2.47. The average molecular weight is 255 g/mol. The van der Waals surface area contributed by atoms with Gasteiger partial charge in [-0.05, 0) is 0 Å². The first-order chi connectivity index (χ1) is 5.79. The van der Waals surface area contributed by atoms with Crippen LogP contribution in [0.15, 0.2) is 0 Å². The lowest BCUT2D eigenvalue weighted by atomic mass is 10.1. The highest BCUT2D eigenvalue weighted by Gasteiger charge is 2.48. The van der Waals surface area contributed by atoms with E-state index in [2.05, 4.69) is 50.5 Å². The molecule has 0 saturated carbocycles. The van der Waals surface area contributed by atoms with Crippen molar-refractivity contribution in [2.24, 2.45) is 0 Å². The van der Waals surface area contributed by atoms with Crippen LogP contribution >= 0.6 is 50.5 Å². The Hall–Kier alpha value is 1.05. The first-order valence-electron chi connectivity index (χ1n) is 3.55. The average Bonchev–Trinajstić information content (AvgIpc) is 1.79. The van der Waals surface area contributed by atoms with Crippen LogP contribution in [0, 0.1) is 0 Å². The molecule has 1 fully saturated rings. The van der Waals surface area contributed by atoms with Gasteiger partial charge in [0.05, 0.1) is 0 Å². The van der Waals surface area contributed by atoms with Crippen LogP contribution in [-0.2, 0) is 9.55 Å². The molecule has 0 aliphatic carbocycles. The summed E-state index contributed by atoms with van der Waals surface area (Å²) in [5.41, 5.74) is 0. The number of hydroxylamine groups is 2. The third-order valence-corrected chi connectivity index (χ3v) is 3.06. The zero-order valence-electron chi connectivity index (χ0n) is 6.97. The highest BCUT2D eigenvalue weighted by Crippen LogP contribution is 2.45. The fourth-order valence-corrected chi connectivity index (χ4v) is 3.34. The number of nitrogens with zero attached hydrogens (tertiary/aromatic N) is 1. The molecule has 0 radical (unpaired) electrons. The van der Waals surface area contributed by atoms with Crippen molar-refractivity contribution in [1.29, 1.82) is 0 Å². The van der Waals surface area contributed by atoms with E-state index in [4.69, 9.17) is 4.76 Å². The standard InChI is InChI=1S/C5H10BNO2S4/c6-9-7-4(10,11)1-3(8)2-5(7,12)13/h10-13H,1-2,6H2. The zero-order valence-corrected chi connectivity index (χ0v) is 10.5. The molecule has 1 aliphatic rings. The maximum absolute atomic E-state index is 11.3. The molecule has 0 bridgehead atoms. The Morgan fingerprint density at radius 1 is 1.23 bits per heavy atom. The van der Waals surface area contributed by atoms with Crippen LogP contribution in [0.2, 0.25) is 0 Å². The van der Waals surface area contributed by atoms with Crippen molar-refractivity contribution in [1.82, 2.24) is 5.06 Å². The van der Waals surface area contributed by atoms with Crippen molar-refractivity contribution >= 4 is 64.3 Å². The van der Waals surface area contributed by atoms with E-state index in [1.807, 2.05) is 0 Å². The van der Waals surface area contributed by atoms with E-state index in [1.54, 1.807) is 0 Å². The molecule has 1 saturated heterocycles. The third kappa shape index (κ3) is 2.54. The maximum atomic E-state index is 11.3. The summed E-state index contributed by atoms with van der Waals surface area (Å²) in [5, 5.41) is 1.39. The van der Waals surface area contributed by atoms with Crippen LogP contribution in [0.5, 0.6) is 0 Å². The summed E-state index contributed by atoms with van der Waals surface area (Å²) in [6, 6.07) is 0. The largest absolute Gasteiger partial charge is 0.366 e. The van der Waals surface area contributed by atoms with E-state index in [-0.39, 0.29) is 18.6 Å². The summed E-state index contributed by atoms with van der Waals surface area (Å²) in [5.74, 6) is 0.0169. The number of rotatable bonds is 1. The molecular formula is C5H10BNO2S4. The molecule has 13 heavy (non-hydrogen) atoms. The first kappa shape index (κ1) is 12.1. The summed E-state index contributed by atoms with van der Waals surface area (Å²) in [6.07, 6.45) is 0.409. The van der Waals surface area contributed by atoms with Gasteiger partial charge in [-0.1, -0.05) is 0 Å². The van der Waals surface area contributed by atoms with Gasteiger partial charge in [-0.3, -0.25) is 4.79 Å². The van der Waals surface area contributed by atoms with Crippen molar-refractivity contribution in [3.05, 3.63) is 0 Å². The van der Waals surface area contributed by atoms with Crippen molar-refractivity contribution < 1.29 is 9.55 Å². The van der Waals surface area contributed by atoms with Gasteiger partial charge in [0.15, 0.2) is 0 Å². The van der Waals surface area contributed by atoms with Crippen LogP contribution in [0.4, 0.5) is 0 Å². The van der Waals surface area contributed by atoms with Gasteiger partial charge < -0.3 is 4.76 Å². The van der Waals surface area contributed by atoms with Crippen molar-refractivity contribution in [3.63, 3.8) is 0 Å². The van der Waals surface area contributed by atoms with Gasteiger partial charge in [0.2, 0.25) is 0 Å². The Kier molecular flexibility index (Phi) is 3.64. The summed E-state index contributed by atoms with van der Waals surface area (Å²) in [6.45, 7) is 0. The Morgan fingerprint density at radius 2 is 1.62 bits per heavy atom. The number of ketones is 1. The second-order valence-corrected chi connectivity index (χ2v) is 6.58. The minimum absolute atomic E-state index is 0.0169. The summed E-state index contributed by atoms with van der Waals surface area (Å²) in [7, 11) is 1.47. The summed E-state index contributed by atoms with van der Waals surface area (Å²) < 4.78 is 3.14. The Balaban J connectivity index is 2.94. The number of hydrogen-bond donors (Lipinski definition) is 4. The van der Waals surface area contributed by atoms with E-state index in [1.165, 1.54) is 13.1 Å². The highest BCUT2D eigenvalue weighted by atomic mass is 32.2. The minimum Gasteiger partial charge on any atom is -0.366 e. The summed E-state index contributed by atoms with van der Waals surface area (Å²) in [4.78, 5) is 11.3. The van der Waals surface area contributed by atoms with Gasteiger partial charge in [-0.25, -0.2) is 0 Å². The number of carbonyl (C=O) groups is 1. The van der Waals surface area contributed by atoms with E-state index < -0.39 is 8.41 Å². The molecule has 0 spiro atoms. The first-order valence-corrected chi connectivity index (χ1v) is 5.34. The molecule has 0 atom stereocenters. The minimum atomic E-state index is -0.951. The smallest absolute Gasteiger partial charge is 0.287 e. The van der Waals surface area contributed by atoms with Crippen LogP contribution in [-0.4, -0.2) is 27.3 Å². The molecule has 1 rings (SSSR count). The lowest BCUT2D eigenvalue weighted by Crippen LogP contribution is -2.55. The Bertz CT molecular complexity index is 215. The van der Waals surface area contributed by atoms with Crippen LogP contribution < -0.4 is 0 Å².